The highest BCUT2D eigenvalue weighted by molar-refractivity contribution is 5.13. The molecule has 1 heterocycles. The van der Waals surface area contributed by atoms with Gasteiger partial charge in [0.2, 0.25) is 5.88 Å². The Balaban J connectivity index is 2.18. The minimum atomic E-state index is 0.0727. The molecule has 120 valence electrons. The molecule has 0 bridgehead atoms. The fourth-order valence-electron chi connectivity index (χ4n) is 2.42. The number of nitrogens with two attached hydrogens (primary N) is 1. The van der Waals surface area contributed by atoms with Crippen LogP contribution in [-0.2, 0) is 0 Å². The number of methoxy groups -OCH3 is 1. The second-order valence-electron chi connectivity index (χ2n) is 5.48. The fourth-order valence-corrected chi connectivity index (χ4v) is 2.42. The average Bonchev–Trinajstić information content (AvgIpc) is 2.54. The van der Waals surface area contributed by atoms with E-state index in [1.807, 2.05) is 12.1 Å². The molecule has 21 heavy (non-hydrogen) atoms. The van der Waals surface area contributed by atoms with E-state index >= 15 is 0 Å². The quantitative estimate of drug-likeness (QED) is 0.350. The minimum absolute atomic E-state index is 0.0727. The van der Waals surface area contributed by atoms with Gasteiger partial charge in [0.25, 0.3) is 0 Å². The van der Waals surface area contributed by atoms with Crippen molar-refractivity contribution in [2.24, 2.45) is 5.84 Å². The fraction of sp³-hybridized carbons (Fsp3) is 0.750. The van der Waals surface area contributed by atoms with Gasteiger partial charge in [-0.15, -0.1) is 5.10 Å². The predicted molar refractivity (Wildman–Crippen MR) is 85.9 cm³/mol. The van der Waals surface area contributed by atoms with Crippen molar-refractivity contribution >= 4 is 0 Å². The molecule has 5 nitrogen and oxygen atoms in total. The number of hydrazine groups is 1. The van der Waals surface area contributed by atoms with Crippen molar-refractivity contribution in [3.63, 3.8) is 0 Å². The molecule has 1 unspecified atom stereocenters. The molecular weight excluding hydrogens is 264 g/mol. The van der Waals surface area contributed by atoms with Gasteiger partial charge in [-0.3, -0.25) is 11.3 Å². The molecule has 0 radical (unpaired) electrons. The van der Waals surface area contributed by atoms with E-state index in [9.17, 15) is 0 Å². The highest BCUT2D eigenvalue weighted by atomic mass is 16.5. The van der Waals surface area contributed by atoms with Crippen LogP contribution in [0.15, 0.2) is 12.1 Å². The summed E-state index contributed by atoms with van der Waals surface area (Å²) in [5.74, 6) is 6.15. The Morgan fingerprint density at radius 1 is 1.05 bits per heavy atom. The SMILES string of the molecule is CCCCCCCCCCC(NN)c1ccc(OC)nn1. The van der Waals surface area contributed by atoms with Gasteiger partial charge in [0, 0.05) is 6.07 Å². The lowest BCUT2D eigenvalue weighted by molar-refractivity contribution is 0.387. The van der Waals surface area contributed by atoms with E-state index in [0.29, 0.717) is 5.88 Å². The van der Waals surface area contributed by atoms with Crippen LogP contribution in [0.5, 0.6) is 5.88 Å². The monoisotopic (exact) mass is 294 g/mol. The van der Waals surface area contributed by atoms with Crippen molar-refractivity contribution < 1.29 is 4.74 Å². The van der Waals surface area contributed by atoms with Crippen molar-refractivity contribution in [1.29, 1.82) is 0 Å². The van der Waals surface area contributed by atoms with Crippen LogP contribution >= 0.6 is 0 Å². The maximum Gasteiger partial charge on any atom is 0.233 e. The Bertz CT molecular complexity index is 356. The zero-order chi connectivity index (χ0) is 15.3. The van der Waals surface area contributed by atoms with Crippen LogP contribution < -0.4 is 16.0 Å². The van der Waals surface area contributed by atoms with Crippen LogP contribution in [-0.4, -0.2) is 17.3 Å². The summed E-state index contributed by atoms with van der Waals surface area (Å²) in [7, 11) is 1.59. The zero-order valence-electron chi connectivity index (χ0n) is 13.5. The number of hydrogen-bond acceptors (Lipinski definition) is 5. The second-order valence-corrected chi connectivity index (χ2v) is 5.48. The Morgan fingerprint density at radius 2 is 1.71 bits per heavy atom. The van der Waals surface area contributed by atoms with Crippen LogP contribution in [0.2, 0.25) is 0 Å². The van der Waals surface area contributed by atoms with E-state index in [-0.39, 0.29) is 6.04 Å². The second kappa shape index (κ2) is 11.5. The van der Waals surface area contributed by atoms with E-state index in [1.165, 1.54) is 44.9 Å². The normalized spacial score (nSPS) is 12.3. The van der Waals surface area contributed by atoms with Crippen molar-refractivity contribution in [3.8, 4) is 5.88 Å². The largest absolute Gasteiger partial charge is 0.480 e. The molecule has 1 aromatic rings. The van der Waals surface area contributed by atoms with Crippen LogP contribution in [0.3, 0.4) is 0 Å². The first-order chi connectivity index (χ1) is 10.3. The van der Waals surface area contributed by atoms with Gasteiger partial charge in [0.1, 0.15) is 0 Å². The highest BCUT2D eigenvalue weighted by Crippen LogP contribution is 2.19. The van der Waals surface area contributed by atoms with E-state index in [1.54, 1.807) is 7.11 Å². The summed E-state index contributed by atoms with van der Waals surface area (Å²) in [5, 5.41) is 8.14. The molecule has 1 aromatic heterocycles. The topological polar surface area (TPSA) is 73.1 Å². The Kier molecular flexibility index (Phi) is 9.74. The maximum atomic E-state index is 5.62. The first-order valence-electron chi connectivity index (χ1n) is 8.15. The summed E-state index contributed by atoms with van der Waals surface area (Å²) in [6.45, 7) is 2.25. The number of hydrogen-bond donors (Lipinski definition) is 2. The molecule has 0 aliphatic carbocycles. The van der Waals surface area contributed by atoms with Gasteiger partial charge >= 0.3 is 0 Å². The molecule has 1 rings (SSSR count). The average molecular weight is 294 g/mol. The molecule has 0 spiro atoms. The number of unbranched alkanes of at least 4 members (excludes halogenated alkanes) is 7. The van der Waals surface area contributed by atoms with E-state index < -0.39 is 0 Å². The first-order valence-corrected chi connectivity index (χ1v) is 8.15. The lowest BCUT2D eigenvalue weighted by atomic mass is 10.0. The summed E-state index contributed by atoms with van der Waals surface area (Å²) >= 11 is 0. The van der Waals surface area contributed by atoms with Crippen molar-refractivity contribution in [1.82, 2.24) is 15.6 Å². The van der Waals surface area contributed by atoms with E-state index in [2.05, 4.69) is 22.5 Å². The van der Waals surface area contributed by atoms with Gasteiger partial charge < -0.3 is 4.74 Å². The van der Waals surface area contributed by atoms with Gasteiger partial charge in [-0.2, -0.15) is 5.10 Å². The van der Waals surface area contributed by atoms with Gasteiger partial charge in [-0.25, -0.2) is 0 Å². The van der Waals surface area contributed by atoms with Crippen molar-refractivity contribution in [3.05, 3.63) is 17.8 Å². The van der Waals surface area contributed by atoms with Gasteiger partial charge in [-0.05, 0) is 12.5 Å². The zero-order valence-corrected chi connectivity index (χ0v) is 13.5. The Morgan fingerprint density at radius 3 is 2.24 bits per heavy atom. The lowest BCUT2D eigenvalue weighted by Gasteiger charge is -2.14. The number of ether oxygens (including phenoxy) is 1. The van der Waals surface area contributed by atoms with E-state index in [4.69, 9.17) is 10.6 Å². The maximum absolute atomic E-state index is 5.62. The van der Waals surface area contributed by atoms with Gasteiger partial charge in [0.15, 0.2) is 0 Å². The summed E-state index contributed by atoms with van der Waals surface area (Å²) in [4.78, 5) is 0. The molecule has 0 saturated carbocycles. The molecular formula is C16H30N4O. The highest BCUT2D eigenvalue weighted by Gasteiger charge is 2.11. The van der Waals surface area contributed by atoms with Crippen LogP contribution in [0, 0.1) is 0 Å². The molecule has 0 aliphatic rings. The van der Waals surface area contributed by atoms with Crippen LogP contribution in [0.4, 0.5) is 0 Å². The van der Waals surface area contributed by atoms with Gasteiger partial charge in [0.05, 0.1) is 18.8 Å². The summed E-state index contributed by atoms with van der Waals surface area (Å²) in [6.07, 6.45) is 11.5. The molecule has 1 atom stereocenters. The minimum Gasteiger partial charge on any atom is -0.480 e. The standard InChI is InChI=1S/C16H30N4O/c1-3-4-5-6-7-8-9-10-11-14(18-17)15-12-13-16(21-2)20-19-15/h12-14,18H,3-11,17H2,1-2H3. The lowest BCUT2D eigenvalue weighted by Crippen LogP contribution is -2.28. The number of aromatic nitrogens is 2. The smallest absolute Gasteiger partial charge is 0.233 e. The molecule has 5 heteroatoms. The van der Waals surface area contributed by atoms with Crippen LogP contribution in [0.25, 0.3) is 0 Å². The van der Waals surface area contributed by atoms with E-state index in [0.717, 1.165) is 18.5 Å². The third-order valence-electron chi connectivity index (χ3n) is 3.77. The predicted octanol–water partition coefficient (Wildman–Crippen LogP) is 3.52. The summed E-state index contributed by atoms with van der Waals surface area (Å²) < 4.78 is 5.01. The summed E-state index contributed by atoms with van der Waals surface area (Å²) in [6, 6.07) is 3.81. The molecule has 0 saturated heterocycles. The molecule has 0 aromatic carbocycles. The number of nitrogens with one attached hydrogen (secondary N) is 1. The third kappa shape index (κ3) is 7.39. The third-order valence-corrected chi connectivity index (χ3v) is 3.77. The van der Waals surface area contributed by atoms with Crippen LogP contribution in [0.1, 0.15) is 76.4 Å². The van der Waals surface area contributed by atoms with Crippen molar-refractivity contribution in [2.75, 3.05) is 7.11 Å². The molecule has 0 aliphatic heterocycles. The Hall–Kier alpha value is -1.20. The van der Waals surface area contributed by atoms with Gasteiger partial charge in [-0.1, -0.05) is 58.3 Å². The number of rotatable bonds is 12. The molecule has 0 fully saturated rings. The molecule has 0 amide bonds. The molecule has 3 N–H and O–H groups in total. The summed E-state index contributed by atoms with van der Waals surface area (Å²) in [5.41, 5.74) is 3.71. The Labute approximate surface area is 128 Å². The number of nitrogens with zero attached hydrogens (tertiary/aromatic N) is 2. The van der Waals surface area contributed by atoms with Crippen molar-refractivity contribution in [2.45, 2.75) is 70.8 Å². The first kappa shape index (κ1) is 17.9.